The zero-order valence-electron chi connectivity index (χ0n) is 6.74. The number of aromatic nitrogens is 3. The minimum Gasteiger partial charge on any atom is -0.393 e. The molecule has 1 aromatic rings. The smallest absolute Gasteiger partial charge is 0.240 e. The van der Waals surface area contributed by atoms with E-state index in [-0.39, 0.29) is 12.1 Å². The Kier molecular flexibility index (Phi) is 3.05. The molecule has 0 fully saturated rings. The van der Waals surface area contributed by atoms with Crippen molar-refractivity contribution in [2.24, 2.45) is 0 Å². The summed E-state index contributed by atoms with van der Waals surface area (Å²) in [6.45, 7) is 2.34. The molecule has 0 aliphatic heterocycles. The third-order valence-electron chi connectivity index (χ3n) is 1.40. The van der Waals surface area contributed by atoms with Crippen LogP contribution < -0.4 is 5.73 Å². The molecule has 0 aliphatic carbocycles. The van der Waals surface area contributed by atoms with Gasteiger partial charge in [0.2, 0.25) is 5.95 Å². The van der Waals surface area contributed by atoms with Crippen LogP contribution in [0.2, 0.25) is 0 Å². The fourth-order valence-electron chi connectivity index (χ4n) is 0.791. The van der Waals surface area contributed by atoms with Gasteiger partial charge >= 0.3 is 0 Å². The Morgan fingerprint density at radius 2 is 2.42 bits per heavy atom. The standard InChI is InChI=1S/C6H11BrN4O/c1-4(12)2-3-11-5(7)9-6(8)10-11/h4,12H,2-3H2,1H3,(H2,8,10). The highest BCUT2D eigenvalue weighted by molar-refractivity contribution is 9.10. The van der Waals surface area contributed by atoms with Crippen LogP contribution in [-0.4, -0.2) is 26.0 Å². The third-order valence-corrected chi connectivity index (χ3v) is 1.99. The van der Waals surface area contributed by atoms with Gasteiger partial charge in [0.15, 0.2) is 4.73 Å². The van der Waals surface area contributed by atoms with Crippen molar-refractivity contribution in [1.29, 1.82) is 0 Å². The number of rotatable bonds is 3. The molecule has 1 unspecified atom stereocenters. The number of aliphatic hydroxyl groups is 1. The number of aryl methyl sites for hydroxylation is 1. The lowest BCUT2D eigenvalue weighted by Crippen LogP contribution is -2.08. The number of hydrogen-bond donors (Lipinski definition) is 2. The Bertz CT molecular complexity index is 260. The summed E-state index contributed by atoms with van der Waals surface area (Å²) >= 11 is 3.19. The number of hydrogen-bond acceptors (Lipinski definition) is 4. The summed E-state index contributed by atoms with van der Waals surface area (Å²) in [5, 5.41) is 12.9. The van der Waals surface area contributed by atoms with Crippen molar-refractivity contribution in [2.75, 3.05) is 5.73 Å². The molecule has 0 spiro atoms. The van der Waals surface area contributed by atoms with Crippen molar-refractivity contribution in [3.8, 4) is 0 Å². The lowest BCUT2D eigenvalue weighted by atomic mass is 10.3. The van der Waals surface area contributed by atoms with E-state index in [9.17, 15) is 0 Å². The van der Waals surface area contributed by atoms with E-state index >= 15 is 0 Å². The van der Waals surface area contributed by atoms with E-state index in [1.54, 1.807) is 11.6 Å². The van der Waals surface area contributed by atoms with Crippen molar-refractivity contribution in [3.05, 3.63) is 4.73 Å². The second-order valence-electron chi connectivity index (χ2n) is 2.60. The highest BCUT2D eigenvalue weighted by Crippen LogP contribution is 2.08. The molecule has 6 heteroatoms. The molecular weight excluding hydrogens is 224 g/mol. The molecule has 0 radical (unpaired) electrons. The quantitative estimate of drug-likeness (QED) is 0.794. The van der Waals surface area contributed by atoms with Crippen LogP contribution in [0.15, 0.2) is 4.73 Å². The van der Waals surface area contributed by atoms with E-state index in [4.69, 9.17) is 10.8 Å². The van der Waals surface area contributed by atoms with Crippen LogP contribution >= 0.6 is 15.9 Å². The summed E-state index contributed by atoms with van der Waals surface area (Å²) in [5.74, 6) is 0.243. The summed E-state index contributed by atoms with van der Waals surface area (Å²) in [5.41, 5.74) is 5.35. The monoisotopic (exact) mass is 234 g/mol. The van der Waals surface area contributed by atoms with Crippen LogP contribution in [0.4, 0.5) is 5.95 Å². The van der Waals surface area contributed by atoms with Gasteiger partial charge in [-0.2, -0.15) is 4.98 Å². The van der Waals surface area contributed by atoms with E-state index in [1.807, 2.05) is 0 Å². The van der Waals surface area contributed by atoms with E-state index in [0.29, 0.717) is 17.7 Å². The first-order valence-corrected chi connectivity index (χ1v) is 4.43. The van der Waals surface area contributed by atoms with Crippen LogP contribution in [0.5, 0.6) is 0 Å². The SMILES string of the molecule is CC(O)CCn1nc(N)nc1Br. The molecule has 12 heavy (non-hydrogen) atoms. The molecular formula is C6H11BrN4O. The molecule has 0 saturated heterocycles. The fraction of sp³-hybridized carbons (Fsp3) is 0.667. The molecule has 0 bridgehead atoms. The number of nitrogen functional groups attached to an aromatic ring is 1. The van der Waals surface area contributed by atoms with E-state index in [0.717, 1.165) is 0 Å². The average molecular weight is 235 g/mol. The van der Waals surface area contributed by atoms with Crippen LogP contribution in [0, 0.1) is 0 Å². The van der Waals surface area contributed by atoms with Crippen LogP contribution in [0.1, 0.15) is 13.3 Å². The first-order valence-electron chi connectivity index (χ1n) is 3.63. The van der Waals surface area contributed by atoms with Crippen molar-refractivity contribution in [2.45, 2.75) is 26.0 Å². The van der Waals surface area contributed by atoms with Crippen molar-refractivity contribution in [1.82, 2.24) is 14.8 Å². The summed E-state index contributed by atoms with van der Waals surface area (Å²) in [7, 11) is 0. The van der Waals surface area contributed by atoms with Crippen molar-refractivity contribution in [3.63, 3.8) is 0 Å². The number of nitrogens with two attached hydrogens (primary N) is 1. The normalized spacial score (nSPS) is 13.2. The zero-order valence-corrected chi connectivity index (χ0v) is 8.32. The first-order chi connectivity index (χ1) is 5.59. The molecule has 1 aromatic heterocycles. The van der Waals surface area contributed by atoms with Gasteiger partial charge in [0.1, 0.15) is 0 Å². The maximum Gasteiger partial charge on any atom is 0.240 e. The van der Waals surface area contributed by atoms with E-state index < -0.39 is 0 Å². The predicted molar refractivity (Wildman–Crippen MR) is 48.4 cm³/mol. The second-order valence-corrected chi connectivity index (χ2v) is 3.31. The molecule has 68 valence electrons. The molecule has 5 nitrogen and oxygen atoms in total. The third kappa shape index (κ3) is 2.46. The van der Waals surface area contributed by atoms with Gasteiger partial charge in [-0.25, -0.2) is 4.68 Å². The number of aliphatic hydroxyl groups excluding tert-OH is 1. The minimum absolute atomic E-state index is 0.243. The highest BCUT2D eigenvalue weighted by atomic mass is 79.9. The molecule has 0 aliphatic rings. The maximum absolute atomic E-state index is 9.00. The summed E-state index contributed by atoms with van der Waals surface area (Å²) in [6.07, 6.45) is 0.309. The Morgan fingerprint density at radius 1 is 1.75 bits per heavy atom. The van der Waals surface area contributed by atoms with E-state index in [1.165, 1.54) is 0 Å². The molecule has 1 rings (SSSR count). The molecule has 3 N–H and O–H groups in total. The lowest BCUT2D eigenvalue weighted by Gasteiger charge is -2.03. The van der Waals surface area contributed by atoms with Crippen molar-refractivity contribution < 1.29 is 5.11 Å². The Labute approximate surface area is 78.7 Å². The molecule has 1 heterocycles. The molecule has 0 saturated carbocycles. The summed E-state index contributed by atoms with van der Waals surface area (Å²) in [6, 6.07) is 0. The van der Waals surface area contributed by atoms with Gasteiger partial charge in [0.05, 0.1) is 6.10 Å². The molecule has 1 atom stereocenters. The molecule has 0 amide bonds. The predicted octanol–water partition coefficient (Wildman–Crippen LogP) is 0.394. The zero-order chi connectivity index (χ0) is 9.14. The van der Waals surface area contributed by atoms with Gasteiger partial charge in [0.25, 0.3) is 0 Å². The van der Waals surface area contributed by atoms with Crippen LogP contribution in [0.3, 0.4) is 0 Å². The van der Waals surface area contributed by atoms with Crippen molar-refractivity contribution >= 4 is 21.9 Å². The average Bonchev–Trinajstić information content (AvgIpc) is 2.26. The van der Waals surface area contributed by atoms with Gasteiger partial charge in [0, 0.05) is 6.54 Å². The van der Waals surface area contributed by atoms with E-state index in [2.05, 4.69) is 26.0 Å². The van der Waals surface area contributed by atoms with Gasteiger partial charge in [-0.05, 0) is 29.3 Å². The van der Waals surface area contributed by atoms with Gasteiger partial charge in [-0.15, -0.1) is 5.10 Å². The van der Waals surface area contributed by atoms with Crippen LogP contribution in [-0.2, 0) is 6.54 Å². The maximum atomic E-state index is 9.00. The van der Waals surface area contributed by atoms with Gasteiger partial charge in [-0.3, -0.25) is 0 Å². The number of nitrogens with zero attached hydrogens (tertiary/aromatic N) is 3. The summed E-state index contributed by atoms with van der Waals surface area (Å²) < 4.78 is 2.21. The molecule has 0 aromatic carbocycles. The largest absolute Gasteiger partial charge is 0.393 e. The Hall–Kier alpha value is -0.620. The lowest BCUT2D eigenvalue weighted by molar-refractivity contribution is 0.176. The van der Waals surface area contributed by atoms with Gasteiger partial charge < -0.3 is 10.8 Å². The second kappa shape index (κ2) is 3.86. The number of anilines is 1. The number of halogens is 1. The Morgan fingerprint density at radius 3 is 2.83 bits per heavy atom. The van der Waals surface area contributed by atoms with Crippen LogP contribution in [0.25, 0.3) is 0 Å². The minimum atomic E-state index is -0.331. The topological polar surface area (TPSA) is 77.0 Å². The van der Waals surface area contributed by atoms with Gasteiger partial charge in [-0.1, -0.05) is 0 Å². The summed E-state index contributed by atoms with van der Waals surface area (Å²) in [4.78, 5) is 3.85. The highest BCUT2D eigenvalue weighted by Gasteiger charge is 2.04. The Balaban J connectivity index is 2.57. The first kappa shape index (κ1) is 9.47. The fourth-order valence-corrected chi connectivity index (χ4v) is 1.23.